The molecule has 88 valence electrons. The lowest BCUT2D eigenvalue weighted by molar-refractivity contribution is -0.385. The molecule has 1 aromatic rings. The Bertz CT molecular complexity index is 511. The molecule has 0 aromatic heterocycles. The van der Waals surface area contributed by atoms with Crippen LogP contribution in [0.2, 0.25) is 0 Å². The highest BCUT2D eigenvalue weighted by molar-refractivity contribution is 7.84. The van der Waals surface area contributed by atoms with Gasteiger partial charge in [-0.2, -0.15) is 8.42 Å². The number of nitro benzene ring substituents is 1. The van der Waals surface area contributed by atoms with Crippen LogP contribution >= 0.6 is 0 Å². The molecule has 7 nitrogen and oxygen atoms in total. The maximum Gasteiger partial charge on any atom is 0.333 e. The maximum absolute atomic E-state index is 10.6. The fourth-order valence-electron chi connectivity index (χ4n) is 1.09. The van der Waals surface area contributed by atoms with E-state index in [4.69, 9.17) is 0 Å². The predicted octanol–water partition coefficient (Wildman–Crippen LogP) is 0.623. The molecule has 0 bridgehead atoms. The SMILES string of the molecule is Cc1ccc(COS(N)(=O)=O)cc1[N+](=O)[O-]. The number of hydrogen-bond acceptors (Lipinski definition) is 5. The van der Waals surface area contributed by atoms with Crippen LogP contribution in [0.3, 0.4) is 0 Å². The Morgan fingerprint density at radius 3 is 2.62 bits per heavy atom. The summed E-state index contributed by atoms with van der Waals surface area (Å²) >= 11 is 0. The summed E-state index contributed by atoms with van der Waals surface area (Å²) in [5.74, 6) is 0. The van der Waals surface area contributed by atoms with Gasteiger partial charge < -0.3 is 0 Å². The van der Waals surface area contributed by atoms with Gasteiger partial charge in [-0.25, -0.2) is 5.14 Å². The minimum absolute atomic E-state index is 0.0875. The first-order valence-electron chi connectivity index (χ1n) is 4.20. The summed E-state index contributed by atoms with van der Waals surface area (Å²) in [5, 5.41) is 15.2. The van der Waals surface area contributed by atoms with E-state index in [-0.39, 0.29) is 12.3 Å². The second kappa shape index (κ2) is 4.56. The van der Waals surface area contributed by atoms with Gasteiger partial charge in [0.25, 0.3) is 5.69 Å². The molecule has 1 aromatic carbocycles. The van der Waals surface area contributed by atoms with Crippen molar-refractivity contribution in [2.45, 2.75) is 13.5 Å². The number of benzene rings is 1. The highest BCUT2D eigenvalue weighted by atomic mass is 32.2. The summed E-state index contributed by atoms with van der Waals surface area (Å²) in [7, 11) is -4.04. The number of aryl methyl sites for hydroxylation is 1. The first-order valence-corrected chi connectivity index (χ1v) is 5.68. The van der Waals surface area contributed by atoms with Crippen LogP contribution in [0.25, 0.3) is 0 Å². The van der Waals surface area contributed by atoms with Crippen molar-refractivity contribution in [2.24, 2.45) is 5.14 Å². The van der Waals surface area contributed by atoms with Crippen molar-refractivity contribution in [1.82, 2.24) is 0 Å². The molecule has 0 spiro atoms. The molecule has 0 unspecified atom stereocenters. The van der Waals surface area contributed by atoms with Gasteiger partial charge in [0.05, 0.1) is 11.5 Å². The van der Waals surface area contributed by atoms with Gasteiger partial charge in [-0.05, 0) is 12.5 Å². The molecule has 0 aliphatic carbocycles. The zero-order valence-corrected chi connectivity index (χ0v) is 9.23. The fourth-order valence-corrected chi connectivity index (χ4v) is 1.39. The van der Waals surface area contributed by atoms with E-state index in [9.17, 15) is 18.5 Å². The molecule has 0 radical (unpaired) electrons. The monoisotopic (exact) mass is 246 g/mol. The lowest BCUT2D eigenvalue weighted by Crippen LogP contribution is -2.15. The molecule has 0 heterocycles. The van der Waals surface area contributed by atoms with Crippen LogP contribution in [0, 0.1) is 17.0 Å². The largest absolute Gasteiger partial charge is 0.333 e. The van der Waals surface area contributed by atoms with Gasteiger partial charge in [-0.15, -0.1) is 0 Å². The number of rotatable bonds is 4. The second-order valence-corrected chi connectivity index (χ2v) is 4.35. The van der Waals surface area contributed by atoms with Crippen molar-refractivity contribution in [1.29, 1.82) is 0 Å². The molecular weight excluding hydrogens is 236 g/mol. The highest BCUT2D eigenvalue weighted by Gasteiger charge is 2.12. The van der Waals surface area contributed by atoms with Crippen LogP contribution in [0.5, 0.6) is 0 Å². The van der Waals surface area contributed by atoms with E-state index in [0.717, 1.165) is 0 Å². The Morgan fingerprint density at radius 1 is 1.50 bits per heavy atom. The molecule has 8 heteroatoms. The van der Waals surface area contributed by atoms with Gasteiger partial charge in [-0.1, -0.05) is 12.1 Å². The molecule has 0 aliphatic rings. The van der Waals surface area contributed by atoms with Crippen LogP contribution in [0.4, 0.5) is 5.69 Å². The van der Waals surface area contributed by atoms with Crippen molar-refractivity contribution in [2.75, 3.05) is 0 Å². The molecular formula is C8H10N2O5S. The molecule has 1 rings (SSSR count). The first-order chi connectivity index (χ1) is 7.29. The van der Waals surface area contributed by atoms with E-state index >= 15 is 0 Å². The number of nitro groups is 1. The zero-order valence-electron chi connectivity index (χ0n) is 8.41. The van der Waals surface area contributed by atoms with Gasteiger partial charge in [0.1, 0.15) is 0 Å². The summed E-state index contributed by atoms with van der Waals surface area (Å²) in [6, 6.07) is 4.30. The molecule has 2 N–H and O–H groups in total. The molecule has 0 fully saturated rings. The Balaban J connectivity index is 2.91. The normalized spacial score (nSPS) is 11.4. The highest BCUT2D eigenvalue weighted by Crippen LogP contribution is 2.19. The third-order valence-electron chi connectivity index (χ3n) is 1.86. The third-order valence-corrected chi connectivity index (χ3v) is 2.31. The minimum Gasteiger partial charge on any atom is -0.258 e. The fraction of sp³-hybridized carbons (Fsp3) is 0.250. The summed E-state index contributed by atoms with van der Waals surface area (Å²) in [6.07, 6.45) is 0. The Labute approximate surface area is 92.2 Å². The molecule has 0 aliphatic heterocycles. The van der Waals surface area contributed by atoms with Crippen molar-refractivity contribution in [3.05, 3.63) is 39.4 Å². The summed E-state index contributed by atoms with van der Waals surface area (Å²) in [6.45, 7) is 1.27. The maximum atomic E-state index is 10.6. The van der Waals surface area contributed by atoms with E-state index in [1.165, 1.54) is 18.2 Å². The van der Waals surface area contributed by atoms with Crippen LogP contribution in [-0.2, 0) is 21.1 Å². The van der Waals surface area contributed by atoms with Gasteiger partial charge in [0.2, 0.25) is 0 Å². The van der Waals surface area contributed by atoms with Crippen LogP contribution in [0.1, 0.15) is 11.1 Å². The number of nitrogens with two attached hydrogens (primary N) is 1. The zero-order chi connectivity index (χ0) is 12.3. The lowest BCUT2D eigenvalue weighted by atomic mass is 10.1. The van der Waals surface area contributed by atoms with Crippen molar-refractivity contribution in [3.8, 4) is 0 Å². The van der Waals surface area contributed by atoms with E-state index < -0.39 is 15.2 Å². The van der Waals surface area contributed by atoms with E-state index in [2.05, 4.69) is 9.32 Å². The number of hydrogen-bond donors (Lipinski definition) is 1. The molecule has 16 heavy (non-hydrogen) atoms. The Kier molecular flexibility index (Phi) is 3.58. The van der Waals surface area contributed by atoms with Crippen molar-refractivity contribution in [3.63, 3.8) is 0 Å². The lowest BCUT2D eigenvalue weighted by Gasteiger charge is -2.02. The van der Waals surface area contributed by atoms with E-state index in [1.54, 1.807) is 6.92 Å². The van der Waals surface area contributed by atoms with Crippen LogP contribution < -0.4 is 5.14 Å². The Morgan fingerprint density at radius 2 is 2.12 bits per heavy atom. The van der Waals surface area contributed by atoms with Crippen molar-refractivity contribution < 1.29 is 17.5 Å². The van der Waals surface area contributed by atoms with Crippen molar-refractivity contribution >= 4 is 16.0 Å². The van der Waals surface area contributed by atoms with Gasteiger partial charge >= 0.3 is 10.3 Å². The third kappa shape index (κ3) is 3.57. The summed E-state index contributed by atoms with van der Waals surface area (Å²) in [4.78, 5) is 10.1. The summed E-state index contributed by atoms with van der Waals surface area (Å²) in [5.41, 5.74) is 0.770. The average molecular weight is 246 g/mol. The average Bonchev–Trinajstić information content (AvgIpc) is 2.14. The molecule has 0 atom stereocenters. The minimum atomic E-state index is -4.04. The molecule has 0 saturated heterocycles. The smallest absolute Gasteiger partial charge is 0.258 e. The van der Waals surface area contributed by atoms with Gasteiger partial charge in [-0.3, -0.25) is 14.3 Å². The molecule has 0 amide bonds. The first kappa shape index (κ1) is 12.6. The second-order valence-electron chi connectivity index (χ2n) is 3.13. The van der Waals surface area contributed by atoms with Gasteiger partial charge in [0, 0.05) is 11.6 Å². The standard InChI is InChI=1S/C8H10N2O5S/c1-6-2-3-7(4-8(6)10(11)12)5-15-16(9,13)14/h2-4H,5H2,1H3,(H2,9,13,14). The number of nitrogens with zero attached hydrogens (tertiary/aromatic N) is 1. The van der Waals surface area contributed by atoms with E-state index in [0.29, 0.717) is 11.1 Å². The topological polar surface area (TPSA) is 113 Å². The Hall–Kier alpha value is -1.51. The predicted molar refractivity (Wildman–Crippen MR) is 55.7 cm³/mol. The van der Waals surface area contributed by atoms with Gasteiger partial charge in [0.15, 0.2) is 0 Å². The molecule has 0 saturated carbocycles. The van der Waals surface area contributed by atoms with Crippen LogP contribution in [-0.4, -0.2) is 13.3 Å². The van der Waals surface area contributed by atoms with E-state index in [1.807, 2.05) is 0 Å². The quantitative estimate of drug-likeness (QED) is 0.618. The van der Waals surface area contributed by atoms with Crippen LogP contribution in [0.15, 0.2) is 18.2 Å². The summed E-state index contributed by atoms with van der Waals surface area (Å²) < 4.78 is 25.3.